The first-order valence-electron chi connectivity index (χ1n) is 15.5. The fourth-order valence-corrected chi connectivity index (χ4v) is 6.31. The van der Waals surface area contributed by atoms with Gasteiger partial charge in [-0.05, 0) is 74.3 Å². The molecule has 2 heterocycles. The summed E-state index contributed by atoms with van der Waals surface area (Å²) in [6.07, 6.45) is 2.48. The lowest BCUT2D eigenvalue weighted by Crippen LogP contribution is -2.60. The van der Waals surface area contributed by atoms with Crippen LogP contribution in [0, 0.1) is 11.3 Å². The third-order valence-corrected chi connectivity index (χ3v) is 8.71. The molecule has 0 aromatic heterocycles. The van der Waals surface area contributed by atoms with E-state index < -0.39 is 7.05 Å². The van der Waals surface area contributed by atoms with E-state index in [2.05, 4.69) is 71.8 Å². The van der Waals surface area contributed by atoms with E-state index in [-0.39, 0.29) is 36.0 Å². The highest BCUT2D eigenvalue weighted by Crippen LogP contribution is 2.36. The molecule has 4 rings (SSSR count). The average Bonchev–Trinajstić information content (AvgIpc) is 2.97. The van der Waals surface area contributed by atoms with Gasteiger partial charge >= 0.3 is 13.0 Å². The predicted octanol–water partition coefficient (Wildman–Crippen LogP) is 4.49. The van der Waals surface area contributed by atoms with E-state index in [9.17, 15) is 14.6 Å². The zero-order valence-corrected chi connectivity index (χ0v) is 26.0. The molecule has 0 radical (unpaired) electrons. The van der Waals surface area contributed by atoms with Crippen molar-refractivity contribution in [2.75, 3.05) is 45.9 Å². The van der Waals surface area contributed by atoms with Crippen molar-refractivity contribution >= 4 is 18.9 Å². The van der Waals surface area contributed by atoms with Crippen LogP contribution in [0.25, 0.3) is 0 Å². The van der Waals surface area contributed by atoms with Crippen LogP contribution in [0.3, 0.4) is 0 Å². The summed E-state index contributed by atoms with van der Waals surface area (Å²) >= 11 is 0. The lowest BCUT2D eigenvalue weighted by atomic mass is 9.80. The van der Waals surface area contributed by atoms with Gasteiger partial charge in [-0.3, -0.25) is 9.69 Å². The molecule has 228 valence electrons. The monoisotopic (exact) mass is 577 g/mol. The third kappa shape index (κ3) is 8.36. The van der Waals surface area contributed by atoms with Crippen LogP contribution in [0.5, 0.6) is 5.75 Å². The van der Waals surface area contributed by atoms with Crippen LogP contribution in [0.1, 0.15) is 64.1 Å². The minimum absolute atomic E-state index is 0.0252. The molecule has 2 aromatic rings. The van der Waals surface area contributed by atoms with Gasteiger partial charge in [0.05, 0.1) is 12.6 Å². The summed E-state index contributed by atoms with van der Waals surface area (Å²) in [7, 11) is -0.425. The third-order valence-electron chi connectivity index (χ3n) is 8.71. The largest absolute Gasteiger partial charge is 0.482 e. The van der Waals surface area contributed by atoms with Gasteiger partial charge in [-0.25, -0.2) is 4.79 Å². The van der Waals surface area contributed by atoms with Crippen molar-refractivity contribution in [3.63, 3.8) is 0 Å². The summed E-state index contributed by atoms with van der Waals surface area (Å²) in [5, 5.41) is 9.91. The number of amides is 1. The van der Waals surface area contributed by atoms with E-state index in [0.29, 0.717) is 31.2 Å². The maximum atomic E-state index is 13.7. The molecule has 1 unspecified atom stereocenters. The van der Waals surface area contributed by atoms with Crippen molar-refractivity contribution in [3.05, 3.63) is 65.7 Å². The van der Waals surface area contributed by atoms with Crippen LogP contribution in [0.2, 0.25) is 6.82 Å². The second-order valence-corrected chi connectivity index (χ2v) is 12.8. The van der Waals surface area contributed by atoms with Gasteiger partial charge in [-0.2, -0.15) is 0 Å². The number of rotatable bonds is 10. The Morgan fingerprint density at radius 2 is 1.62 bits per heavy atom. The Morgan fingerprint density at radius 1 is 0.976 bits per heavy atom. The maximum Gasteiger partial charge on any atom is 0.376 e. The molecule has 0 bridgehead atoms. The second kappa shape index (κ2) is 14.5. The minimum Gasteiger partial charge on any atom is -0.482 e. The van der Waals surface area contributed by atoms with Crippen LogP contribution in [-0.4, -0.2) is 90.5 Å². The molecule has 42 heavy (non-hydrogen) atoms. The molecular formula is C33H48BN3O5. The standard InChI is InChI=1S/C33H48BN3O5/c1-6-41-31(39)24-42-28-14-12-27(13-15-28)32(26-10-8-7-9-11-26)35-20-21-37(29(23-35)33(2,3)4)30(38)22-25-16-18-36(19-17-25)34(5)40/h7-15,25,29,32,40H,6,16-24H2,1-5H3/t29-,32?/m1/s1. The summed E-state index contributed by atoms with van der Waals surface area (Å²) in [6.45, 7) is 14.4. The quantitative estimate of drug-likeness (QED) is 0.329. The van der Waals surface area contributed by atoms with E-state index in [1.54, 1.807) is 6.92 Å². The Hall–Kier alpha value is -2.88. The predicted molar refractivity (Wildman–Crippen MR) is 166 cm³/mol. The highest BCUT2D eigenvalue weighted by molar-refractivity contribution is 6.45. The van der Waals surface area contributed by atoms with Crippen molar-refractivity contribution in [2.24, 2.45) is 11.3 Å². The Labute approximate surface area is 252 Å². The minimum atomic E-state index is -0.425. The number of piperazine rings is 1. The van der Waals surface area contributed by atoms with Crippen LogP contribution < -0.4 is 4.74 Å². The SMILES string of the molecule is CCOC(=O)COc1ccc(C(c2ccccc2)N2CCN(C(=O)CC3CCN(B(C)O)CC3)[C@@H](C(C)(C)C)C2)cc1. The molecule has 0 saturated carbocycles. The first kappa shape index (κ1) is 32.0. The molecule has 0 aliphatic carbocycles. The first-order chi connectivity index (χ1) is 20.1. The molecule has 2 saturated heterocycles. The molecule has 8 nitrogen and oxygen atoms in total. The Morgan fingerprint density at radius 3 is 2.21 bits per heavy atom. The number of hydrogen-bond donors (Lipinski definition) is 1. The van der Waals surface area contributed by atoms with Gasteiger partial charge in [0, 0.05) is 32.1 Å². The van der Waals surface area contributed by atoms with Crippen molar-refractivity contribution in [2.45, 2.75) is 65.9 Å². The van der Waals surface area contributed by atoms with E-state index in [0.717, 1.165) is 44.6 Å². The fourth-order valence-electron chi connectivity index (χ4n) is 6.31. The zero-order chi connectivity index (χ0) is 30.3. The summed E-state index contributed by atoms with van der Waals surface area (Å²) in [5.74, 6) is 0.868. The smallest absolute Gasteiger partial charge is 0.376 e. The molecule has 9 heteroatoms. The maximum absolute atomic E-state index is 13.7. The lowest BCUT2D eigenvalue weighted by molar-refractivity contribution is -0.145. The van der Waals surface area contributed by atoms with Gasteiger partial charge in [0.25, 0.3) is 0 Å². The molecule has 2 aliphatic rings. The number of carbonyl (C=O) groups excluding carboxylic acids is 2. The van der Waals surface area contributed by atoms with Gasteiger partial charge in [-0.1, -0.05) is 63.2 Å². The Kier molecular flexibility index (Phi) is 11.1. The highest BCUT2D eigenvalue weighted by Gasteiger charge is 2.41. The number of carbonyl (C=O) groups is 2. The summed E-state index contributed by atoms with van der Waals surface area (Å²) < 4.78 is 10.6. The molecule has 1 N–H and O–H groups in total. The number of esters is 1. The lowest BCUT2D eigenvalue weighted by Gasteiger charge is -2.50. The Balaban J connectivity index is 1.49. The van der Waals surface area contributed by atoms with E-state index in [1.165, 1.54) is 5.56 Å². The van der Waals surface area contributed by atoms with E-state index in [1.807, 2.05) is 25.0 Å². The second-order valence-electron chi connectivity index (χ2n) is 12.8. The van der Waals surface area contributed by atoms with Crippen molar-refractivity contribution in [1.82, 2.24) is 14.6 Å². The summed E-state index contributed by atoms with van der Waals surface area (Å²) in [4.78, 5) is 32.2. The van der Waals surface area contributed by atoms with Crippen molar-refractivity contribution in [1.29, 1.82) is 0 Å². The Bertz CT molecular complexity index is 1150. The fraction of sp³-hybridized carbons (Fsp3) is 0.576. The molecule has 2 atom stereocenters. The number of piperidine rings is 1. The van der Waals surface area contributed by atoms with Crippen molar-refractivity contribution in [3.8, 4) is 5.75 Å². The summed E-state index contributed by atoms with van der Waals surface area (Å²) in [5.41, 5.74) is 2.26. The molecule has 2 fully saturated rings. The number of hydrogen-bond acceptors (Lipinski definition) is 7. The molecule has 0 spiro atoms. The number of ether oxygens (including phenoxy) is 2. The summed E-state index contributed by atoms with van der Waals surface area (Å²) in [6, 6.07) is 18.6. The number of benzene rings is 2. The topological polar surface area (TPSA) is 82.6 Å². The molecule has 2 aliphatic heterocycles. The van der Waals surface area contributed by atoms with Crippen molar-refractivity contribution < 1.29 is 24.1 Å². The van der Waals surface area contributed by atoms with Gasteiger partial charge < -0.3 is 24.2 Å². The molecule has 1 amide bonds. The van der Waals surface area contributed by atoms with Gasteiger partial charge in [0.2, 0.25) is 5.91 Å². The van der Waals surface area contributed by atoms with Crippen LogP contribution in [0.4, 0.5) is 0 Å². The molecular weight excluding hydrogens is 529 g/mol. The zero-order valence-electron chi connectivity index (χ0n) is 26.0. The van der Waals surface area contributed by atoms with Crippen LogP contribution in [-0.2, 0) is 14.3 Å². The van der Waals surface area contributed by atoms with E-state index >= 15 is 0 Å². The van der Waals surface area contributed by atoms with Gasteiger partial charge in [-0.15, -0.1) is 0 Å². The average molecular weight is 578 g/mol. The first-order valence-corrected chi connectivity index (χ1v) is 15.5. The van der Waals surface area contributed by atoms with Crippen LogP contribution in [0.15, 0.2) is 54.6 Å². The highest BCUT2D eigenvalue weighted by atomic mass is 16.6. The van der Waals surface area contributed by atoms with Crippen LogP contribution >= 0.6 is 0 Å². The normalized spacial score (nSPS) is 19.8. The van der Waals surface area contributed by atoms with Gasteiger partial charge in [0.15, 0.2) is 6.61 Å². The molecule has 2 aromatic carbocycles. The van der Waals surface area contributed by atoms with Gasteiger partial charge in [0.1, 0.15) is 5.75 Å². The number of nitrogens with zero attached hydrogens (tertiary/aromatic N) is 3. The van der Waals surface area contributed by atoms with E-state index in [4.69, 9.17) is 9.47 Å².